The number of fused-ring (bicyclic) bond motifs is 8. The van der Waals surface area contributed by atoms with Crippen molar-refractivity contribution in [1.29, 1.82) is 0 Å². The molecule has 210 valence electrons. The van der Waals surface area contributed by atoms with E-state index in [0.717, 1.165) is 12.8 Å². The molecule has 0 saturated carbocycles. The minimum atomic E-state index is -1.97. The summed E-state index contributed by atoms with van der Waals surface area (Å²) in [6, 6.07) is 18.4. The molecule has 39 heavy (non-hydrogen) atoms. The Morgan fingerprint density at radius 1 is 0.615 bits per heavy atom. The van der Waals surface area contributed by atoms with Gasteiger partial charge in [0, 0.05) is 0 Å². The van der Waals surface area contributed by atoms with Crippen molar-refractivity contribution in [2.75, 3.05) is 0 Å². The van der Waals surface area contributed by atoms with E-state index in [0.29, 0.717) is 7.25 Å². The maximum atomic E-state index is 7.30. The molecule has 0 amide bonds. The van der Waals surface area contributed by atoms with Crippen LogP contribution in [0.5, 0.6) is 0 Å². The van der Waals surface area contributed by atoms with E-state index in [1.54, 1.807) is 0 Å². The van der Waals surface area contributed by atoms with Gasteiger partial charge in [-0.05, 0) is 0 Å². The maximum absolute atomic E-state index is 7.30. The van der Waals surface area contributed by atoms with Crippen LogP contribution in [0.15, 0.2) is 60.0 Å². The molecule has 2 nitrogen and oxygen atoms in total. The molecule has 3 aliphatic rings. The molecule has 0 aromatic heterocycles. The molecule has 0 spiro atoms. The number of hydrogen-bond donors (Lipinski definition) is 0. The van der Waals surface area contributed by atoms with Crippen molar-refractivity contribution in [2.24, 2.45) is 0 Å². The van der Waals surface area contributed by atoms with E-state index < -0.39 is 39.9 Å². The third-order valence-electron chi connectivity index (χ3n) is 9.61. The molecule has 1 heterocycles. The van der Waals surface area contributed by atoms with Crippen LogP contribution in [0.25, 0.3) is 11.1 Å². The van der Waals surface area contributed by atoms with Gasteiger partial charge in [0.25, 0.3) is 0 Å². The van der Waals surface area contributed by atoms with Crippen LogP contribution in [0.4, 0.5) is 0 Å². The van der Waals surface area contributed by atoms with Gasteiger partial charge in [-0.1, -0.05) is 0 Å². The molecule has 0 radical (unpaired) electrons. The second kappa shape index (κ2) is 11.2. The fraction of sp³-hybridized carbons (Fsp3) is 0.500. The smallest absolute Gasteiger partial charge is 1.00 e. The van der Waals surface area contributed by atoms with Crippen LogP contribution in [0.2, 0.25) is 36.3 Å². The Kier molecular flexibility index (Phi) is 9.50. The van der Waals surface area contributed by atoms with Gasteiger partial charge in [0.05, 0.1) is 0 Å². The first-order valence-electron chi connectivity index (χ1n) is 13.9. The van der Waals surface area contributed by atoms with Crippen molar-refractivity contribution in [3.8, 4) is 0 Å². The Bertz CT molecular complexity index is 1200. The molecule has 2 unspecified atom stereocenters. The predicted octanol–water partition coefficient (Wildman–Crippen LogP) is 3.85. The van der Waals surface area contributed by atoms with Crippen LogP contribution in [-0.4, -0.2) is 16.6 Å². The van der Waals surface area contributed by atoms with E-state index in [1.165, 1.54) is 44.9 Å². The van der Waals surface area contributed by atoms with Gasteiger partial charge in [0.15, 0.2) is 0 Å². The van der Waals surface area contributed by atoms with E-state index in [1.807, 2.05) is 0 Å². The number of allylic oxidation sites excluding steroid dienone is 4. The summed E-state index contributed by atoms with van der Waals surface area (Å²) < 4.78 is 15.5. The Labute approximate surface area is 263 Å². The minimum absolute atomic E-state index is 0. The van der Waals surface area contributed by atoms with Crippen molar-refractivity contribution in [1.82, 2.24) is 0 Å². The maximum Gasteiger partial charge on any atom is -1.00 e. The van der Waals surface area contributed by atoms with E-state index in [9.17, 15) is 0 Å². The molecule has 0 fully saturated rings. The second-order valence-electron chi connectivity index (χ2n) is 14.1. The topological polar surface area (TPSA) is 18.5 Å². The fourth-order valence-corrected chi connectivity index (χ4v) is 12.9. The first kappa shape index (κ1) is 32.9. The summed E-state index contributed by atoms with van der Waals surface area (Å²) in [5.41, 5.74) is 8.93. The minimum Gasteiger partial charge on any atom is -1.00 e. The number of halogens is 2. The standard InChI is InChI=1S/C32H44O2Si2.2ClH.Zr/c1-31(2,3)35(7,8)33-29-21-23-15-11-13-17-25(23)27(29)19-20-28-26-18-14-12-16-24(26)22-30(28)34-36(9,10)32(4,5)6;;;/h11-18,21-22H,19-20H2,1-10H3;2*1H;/q;;;+2/p-2. The molecular weight excluding hydrogens is 635 g/mol. The molecule has 2 aliphatic carbocycles. The largest absolute Gasteiger partial charge is 1.00 e. The van der Waals surface area contributed by atoms with Gasteiger partial charge in [-0.3, -0.25) is 0 Å². The summed E-state index contributed by atoms with van der Waals surface area (Å²) in [7, 11) is -3.94. The monoisotopic (exact) mass is 676 g/mol. The quantitative estimate of drug-likeness (QED) is 0.458. The Morgan fingerprint density at radius 2 is 0.949 bits per heavy atom. The van der Waals surface area contributed by atoms with Gasteiger partial charge in [0.2, 0.25) is 0 Å². The van der Waals surface area contributed by atoms with Gasteiger partial charge in [-0.15, -0.1) is 0 Å². The van der Waals surface area contributed by atoms with Crippen molar-refractivity contribution in [3.63, 3.8) is 0 Å². The first-order chi connectivity index (χ1) is 17.1. The van der Waals surface area contributed by atoms with Gasteiger partial charge in [-0.2, -0.15) is 0 Å². The van der Waals surface area contributed by atoms with Gasteiger partial charge >= 0.3 is 240 Å². The zero-order valence-corrected chi connectivity index (χ0v) is 31.2. The van der Waals surface area contributed by atoms with Crippen LogP contribution in [0.1, 0.15) is 83.9 Å². The average molecular weight is 679 g/mol. The van der Waals surface area contributed by atoms with Crippen LogP contribution in [0, 0.1) is 0 Å². The molecule has 1 aliphatic heterocycles. The molecule has 2 aromatic rings. The van der Waals surface area contributed by atoms with Crippen LogP contribution >= 0.6 is 0 Å². The number of benzene rings is 2. The predicted molar refractivity (Wildman–Crippen MR) is 158 cm³/mol. The summed E-state index contributed by atoms with van der Waals surface area (Å²) in [4.78, 5) is 0. The number of rotatable bonds is 4. The fourth-order valence-electron chi connectivity index (χ4n) is 5.30. The van der Waals surface area contributed by atoms with Crippen LogP contribution < -0.4 is 24.8 Å². The molecule has 0 N–H and O–H groups in total. The zero-order valence-electron chi connectivity index (χ0n) is 25.3. The van der Waals surface area contributed by atoms with Crippen molar-refractivity contribution in [2.45, 2.75) is 97.9 Å². The van der Waals surface area contributed by atoms with Crippen LogP contribution in [-0.2, 0) is 32.1 Å². The molecule has 4 bridgehead atoms. The van der Waals surface area contributed by atoms with Gasteiger partial charge in [-0.25, -0.2) is 0 Å². The van der Waals surface area contributed by atoms with Crippen molar-refractivity contribution in [3.05, 3.63) is 82.3 Å². The van der Waals surface area contributed by atoms with Crippen molar-refractivity contribution >= 4 is 27.8 Å². The summed E-state index contributed by atoms with van der Waals surface area (Å²) in [6.45, 7) is 23.8. The molecule has 5 rings (SSSR count). The third kappa shape index (κ3) is 5.74. The Hall–Kier alpha value is -0.583. The summed E-state index contributed by atoms with van der Waals surface area (Å²) in [5.74, 6) is 2.69. The Balaban J connectivity index is 0.00000210. The molecule has 2 aromatic carbocycles. The zero-order chi connectivity index (χ0) is 27.0. The Morgan fingerprint density at radius 3 is 1.28 bits per heavy atom. The van der Waals surface area contributed by atoms with Gasteiger partial charge < -0.3 is 24.8 Å². The van der Waals surface area contributed by atoms with E-state index in [-0.39, 0.29) is 34.9 Å². The van der Waals surface area contributed by atoms with E-state index in [2.05, 4.69) is 116 Å². The second-order valence-corrected chi connectivity index (χ2v) is 27.2. The van der Waals surface area contributed by atoms with Gasteiger partial charge in [0.1, 0.15) is 0 Å². The molecule has 2 atom stereocenters. The van der Waals surface area contributed by atoms with E-state index >= 15 is 0 Å². The molecule has 7 heteroatoms. The third-order valence-corrected chi connectivity index (χ3v) is 22.8. The van der Waals surface area contributed by atoms with Crippen molar-refractivity contribution < 1.29 is 56.9 Å². The number of hydrogen-bond acceptors (Lipinski definition) is 2. The summed E-state index contributed by atoms with van der Waals surface area (Å²) >= 11 is -1.11. The molecular formula is C32H44Cl2O2Si2Zr. The normalized spacial score (nSPS) is 20.3. The summed E-state index contributed by atoms with van der Waals surface area (Å²) in [6.07, 6.45) is 2.05. The molecule has 0 saturated heterocycles. The van der Waals surface area contributed by atoms with Crippen LogP contribution in [0.3, 0.4) is 0 Å². The van der Waals surface area contributed by atoms with E-state index in [4.69, 9.17) is 8.85 Å². The summed E-state index contributed by atoms with van der Waals surface area (Å²) in [5, 5.41) is 0.359. The average Bonchev–Trinajstić information content (AvgIpc) is 3.24. The first-order valence-corrected chi connectivity index (χ1v) is 22.6. The SMILES string of the molecule is CC(C)(C)[Si](C)(C)OC1=C2CCC3=C(O[Si](C)(C)C(C)(C)C)[CH]([Zr+2][CH]1c1ccccc12)c1ccccc13.[Cl-].[Cl-].